The molecule has 0 bridgehead atoms. The van der Waals surface area contributed by atoms with E-state index in [1.54, 1.807) is 0 Å². The third-order valence-electron chi connectivity index (χ3n) is 1.68. The summed E-state index contributed by atoms with van der Waals surface area (Å²) in [5.41, 5.74) is 11.6. The van der Waals surface area contributed by atoms with Crippen LogP contribution < -0.4 is 17.0 Å². The van der Waals surface area contributed by atoms with Crippen molar-refractivity contribution in [3.05, 3.63) is 34.6 Å². The van der Waals surface area contributed by atoms with Gasteiger partial charge in [0.1, 0.15) is 0 Å². The molecule has 0 aliphatic heterocycles. The summed E-state index contributed by atoms with van der Waals surface area (Å²) in [6.07, 6.45) is 0. The second-order valence-electron chi connectivity index (χ2n) is 2.77. The minimum absolute atomic E-state index is 0. The van der Waals surface area contributed by atoms with E-state index in [-0.39, 0.29) is 40.0 Å². The van der Waals surface area contributed by atoms with E-state index in [4.69, 9.17) is 5.73 Å². The molecule has 0 aliphatic carbocycles. The summed E-state index contributed by atoms with van der Waals surface area (Å²) in [4.78, 5) is 0. The Morgan fingerprint density at radius 3 is 1.67 bits per heavy atom. The number of hydrogen-bond acceptors (Lipinski definition) is 0. The Labute approximate surface area is 101 Å². The first-order chi connectivity index (χ1) is 4.61. The van der Waals surface area contributed by atoms with Crippen molar-refractivity contribution < 1.29 is 17.0 Å². The molecular weight excluding hydrogens is 226 g/mol. The van der Waals surface area contributed by atoms with Crippen LogP contribution in [0.25, 0.3) is 5.73 Å². The van der Waals surface area contributed by atoms with Crippen LogP contribution in [-0.2, 0) is 0 Å². The number of halogens is 1. The van der Waals surface area contributed by atoms with E-state index in [1.807, 2.05) is 26.0 Å². The molecular formula is C9H12BrMgN. The molecule has 12 heavy (non-hydrogen) atoms. The molecule has 0 unspecified atom stereocenters. The number of nitrogens with one attached hydrogen (secondary N) is 1. The summed E-state index contributed by atoms with van der Waals surface area (Å²) in [7, 11) is 0. The average molecular weight is 238 g/mol. The Balaban J connectivity index is 0. The quantitative estimate of drug-likeness (QED) is 0.565. The molecule has 0 fully saturated rings. The molecule has 1 N–H and O–H groups in total. The number of hydrogen-bond donors (Lipinski definition) is 0. The van der Waals surface area contributed by atoms with Gasteiger partial charge >= 0.3 is 23.1 Å². The fourth-order valence-corrected chi connectivity index (χ4v) is 1.18. The van der Waals surface area contributed by atoms with Crippen LogP contribution >= 0.6 is 0 Å². The largest absolute Gasteiger partial charge is 2.00 e. The molecule has 0 amide bonds. The van der Waals surface area contributed by atoms with E-state index in [0.717, 1.165) is 11.1 Å². The summed E-state index contributed by atoms with van der Waals surface area (Å²) >= 11 is 0. The molecule has 1 aromatic rings. The van der Waals surface area contributed by atoms with Crippen molar-refractivity contribution in [1.29, 1.82) is 0 Å². The fourth-order valence-electron chi connectivity index (χ4n) is 1.18. The van der Waals surface area contributed by atoms with Crippen LogP contribution in [0.2, 0.25) is 0 Å². The zero-order valence-electron chi connectivity index (χ0n) is 7.74. The van der Waals surface area contributed by atoms with Crippen LogP contribution in [0.15, 0.2) is 12.1 Å². The van der Waals surface area contributed by atoms with Gasteiger partial charge in [0.15, 0.2) is 0 Å². The van der Waals surface area contributed by atoms with Gasteiger partial charge in [0.25, 0.3) is 0 Å². The third kappa shape index (κ3) is 3.33. The van der Waals surface area contributed by atoms with E-state index in [0.29, 0.717) is 5.69 Å². The van der Waals surface area contributed by atoms with Crippen LogP contribution in [0.1, 0.15) is 16.7 Å². The van der Waals surface area contributed by atoms with E-state index in [2.05, 4.69) is 6.92 Å². The molecule has 0 radical (unpaired) electrons. The van der Waals surface area contributed by atoms with Crippen molar-refractivity contribution in [2.75, 3.05) is 0 Å². The van der Waals surface area contributed by atoms with E-state index >= 15 is 0 Å². The Morgan fingerprint density at radius 1 is 1.00 bits per heavy atom. The van der Waals surface area contributed by atoms with Gasteiger partial charge in [-0.25, -0.2) is 0 Å². The molecule has 0 heterocycles. The summed E-state index contributed by atoms with van der Waals surface area (Å²) in [5.74, 6) is 0. The second kappa shape index (κ2) is 5.83. The summed E-state index contributed by atoms with van der Waals surface area (Å²) in [5, 5.41) is 0. The molecule has 0 saturated carbocycles. The minimum atomic E-state index is 0. The summed E-state index contributed by atoms with van der Waals surface area (Å²) < 4.78 is 0. The Kier molecular flexibility index (Phi) is 7.18. The Hall–Kier alpha value is 0.266. The SMILES string of the molecule is Cc1cc(C)c([NH-])c(C)c1.[Br-].[Mg+2]. The number of benzene rings is 1. The van der Waals surface area contributed by atoms with Crippen molar-refractivity contribution in [2.45, 2.75) is 20.8 Å². The average Bonchev–Trinajstić information content (AvgIpc) is 1.82. The normalized spacial score (nSPS) is 8.25. The maximum Gasteiger partial charge on any atom is 2.00 e. The maximum atomic E-state index is 7.54. The minimum Gasteiger partial charge on any atom is -1.00 e. The summed E-state index contributed by atoms with van der Waals surface area (Å²) in [6.45, 7) is 6.00. The van der Waals surface area contributed by atoms with Crippen LogP contribution in [-0.4, -0.2) is 23.1 Å². The number of aryl methyl sites for hydroxylation is 3. The third-order valence-corrected chi connectivity index (χ3v) is 1.68. The first-order valence-electron chi connectivity index (χ1n) is 3.40. The van der Waals surface area contributed by atoms with Crippen molar-refractivity contribution in [3.63, 3.8) is 0 Å². The van der Waals surface area contributed by atoms with Crippen LogP contribution in [0.3, 0.4) is 0 Å². The van der Waals surface area contributed by atoms with Gasteiger partial charge in [-0.3, -0.25) is 0 Å². The van der Waals surface area contributed by atoms with Gasteiger partial charge in [0.05, 0.1) is 0 Å². The van der Waals surface area contributed by atoms with Crippen LogP contribution in [0, 0.1) is 20.8 Å². The first-order valence-corrected chi connectivity index (χ1v) is 3.40. The van der Waals surface area contributed by atoms with E-state index < -0.39 is 0 Å². The zero-order valence-corrected chi connectivity index (χ0v) is 10.7. The van der Waals surface area contributed by atoms with Crippen molar-refractivity contribution in [2.24, 2.45) is 0 Å². The van der Waals surface area contributed by atoms with Gasteiger partial charge in [0.2, 0.25) is 0 Å². The Bertz CT molecular complexity index is 238. The van der Waals surface area contributed by atoms with Gasteiger partial charge in [-0.2, -0.15) is 0 Å². The van der Waals surface area contributed by atoms with Crippen molar-refractivity contribution in [1.82, 2.24) is 0 Å². The molecule has 0 atom stereocenters. The molecule has 3 heteroatoms. The molecule has 1 aromatic carbocycles. The predicted molar refractivity (Wildman–Crippen MR) is 50.4 cm³/mol. The molecule has 1 nitrogen and oxygen atoms in total. The molecule has 62 valence electrons. The van der Waals surface area contributed by atoms with E-state index in [1.165, 1.54) is 5.56 Å². The summed E-state index contributed by atoms with van der Waals surface area (Å²) in [6, 6.07) is 4.07. The van der Waals surface area contributed by atoms with Crippen LogP contribution in [0.4, 0.5) is 5.69 Å². The topological polar surface area (TPSA) is 23.8 Å². The molecule has 0 spiro atoms. The smallest absolute Gasteiger partial charge is 1.00 e. The molecule has 0 saturated heterocycles. The van der Waals surface area contributed by atoms with Crippen molar-refractivity contribution >= 4 is 28.7 Å². The maximum absolute atomic E-state index is 7.54. The standard InChI is InChI=1S/C9H12N.BrH.Mg/c1-6-4-7(2)9(10)8(3)5-6;;/h4-5,10H,1-3H3;1H;/q-1;;+2/p-1. The van der Waals surface area contributed by atoms with Gasteiger partial charge in [-0.05, 0) is 20.8 Å². The van der Waals surface area contributed by atoms with Gasteiger partial charge in [-0.1, -0.05) is 28.8 Å². The van der Waals surface area contributed by atoms with Crippen LogP contribution in [0.5, 0.6) is 0 Å². The first kappa shape index (κ1) is 14.8. The monoisotopic (exact) mass is 237 g/mol. The Morgan fingerprint density at radius 2 is 1.33 bits per heavy atom. The fraction of sp³-hybridized carbons (Fsp3) is 0.333. The van der Waals surface area contributed by atoms with Gasteiger partial charge < -0.3 is 22.7 Å². The molecule has 1 rings (SSSR count). The van der Waals surface area contributed by atoms with Gasteiger partial charge in [0, 0.05) is 0 Å². The zero-order chi connectivity index (χ0) is 7.72. The van der Waals surface area contributed by atoms with E-state index in [9.17, 15) is 0 Å². The molecule has 0 aliphatic rings. The molecule has 0 aromatic heterocycles. The predicted octanol–water partition coefficient (Wildman–Crippen LogP) is -0.0812. The van der Waals surface area contributed by atoms with Crippen molar-refractivity contribution in [3.8, 4) is 0 Å². The van der Waals surface area contributed by atoms with Gasteiger partial charge in [-0.15, -0.1) is 5.69 Å². The number of rotatable bonds is 0. The second-order valence-corrected chi connectivity index (χ2v) is 2.77.